The Bertz CT molecular complexity index is 3360. The monoisotopic (exact) mass is 759 g/mol. The molecule has 10 aromatic rings. The molecule has 10 nitrogen and oxygen atoms in total. The number of fused-ring (bicyclic) bond motifs is 9. The zero-order chi connectivity index (χ0) is 39.6. The van der Waals surface area contributed by atoms with Gasteiger partial charge in [0.05, 0.1) is 22.1 Å². The van der Waals surface area contributed by atoms with Crippen molar-refractivity contribution in [3.63, 3.8) is 0 Å². The van der Waals surface area contributed by atoms with Gasteiger partial charge in [0.2, 0.25) is 23.2 Å². The van der Waals surface area contributed by atoms with Gasteiger partial charge in [-0.1, -0.05) is 117 Å². The standard InChI is InChI=1S/C48H33N5O5/c1-48(2)33-17-9-6-14-27(33)30-22-26(20-21-34(30)48)46-49-45(25-12-4-3-5-13-25)50-47(51-46)53-36-19-11-8-16-29(36)32-23-37-31(24-38(32)53)28-15-7-10-18-35(28)52(37)39-40(54)42(56)44(58)43(57)41(39)55/h3-24,54-58H,1-2H3. The molecule has 0 unspecified atom stereocenters. The van der Waals surface area contributed by atoms with Crippen LogP contribution >= 0.6 is 0 Å². The van der Waals surface area contributed by atoms with Crippen molar-refractivity contribution in [1.82, 2.24) is 24.1 Å². The first-order valence-corrected chi connectivity index (χ1v) is 18.8. The minimum Gasteiger partial charge on any atom is -0.503 e. The van der Waals surface area contributed by atoms with E-state index in [1.165, 1.54) is 16.7 Å². The fourth-order valence-electron chi connectivity index (χ4n) is 8.94. The Morgan fingerprint density at radius 1 is 0.414 bits per heavy atom. The van der Waals surface area contributed by atoms with Crippen LogP contribution in [0.2, 0.25) is 0 Å². The number of aromatic nitrogens is 5. The highest BCUT2D eigenvalue weighted by atomic mass is 16.4. The number of phenols is 5. The quantitative estimate of drug-likeness (QED) is 0.0879. The number of phenolic OH excluding ortho intramolecular Hbond substituents is 5. The highest BCUT2D eigenvalue weighted by Gasteiger charge is 2.35. The van der Waals surface area contributed by atoms with Crippen LogP contribution in [0.5, 0.6) is 28.7 Å². The second kappa shape index (κ2) is 11.8. The maximum Gasteiger partial charge on any atom is 0.238 e. The first kappa shape index (κ1) is 33.5. The molecule has 0 fully saturated rings. The van der Waals surface area contributed by atoms with E-state index in [0.717, 1.165) is 49.3 Å². The van der Waals surface area contributed by atoms with E-state index < -0.39 is 28.7 Å². The molecule has 1 aliphatic carbocycles. The molecule has 0 atom stereocenters. The van der Waals surface area contributed by atoms with Gasteiger partial charge in [-0.25, -0.2) is 4.98 Å². The average molecular weight is 760 g/mol. The zero-order valence-electron chi connectivity index (χ0n) is 31.2. The first-order valence-electron chi connectivity index (χ1n) is 18.8. The van der Waals surface area contributed by atoms with Crippen LogP contribution in [0.15, 0.2) is 133 Å². The Kier molecular flexibility index (Phi) is 6.83. The fraction of sp³-hybridized carbons (Fsp3) is 0.0625. The van der Waals surface area contributed by atoms with Crippen LogP contribution in [0.4, 0.5) is 0 Å². The van der Waals surface area contributed by atoms with E-state index in [2.05, 4.69) is 56.3 Å². The number of para-hydroxylation sites is 2. The van der Waals surface area contributed by atoms with Crippen molar-refractivity contribution in [2.45, 2.75) is 19.3 Å². The number of hydrogen-bond donors (Lipinski definition) is 5. The van der Waals surface area contributed by atoms with Crippen molar-refractivity contribution >= 4 is 43.6 Å². The summed E-state index contributed by atoms with van der Waals surface area (Å²) >= 11 is 0. The van der Waals surface area contributed by atoms with Gasteiger partial charge in [0.1, 0.15) is 5.69 Å². The van der Waals surface area contributed by atoms with Gasteiger partial charge in [-0.05, 0) is 52.6 Å². The number of hydrogen-bond acceptors (Lipinski definition) is 8. The van der Waals surface area contributed by atoms with E-state index >= 15 is 0 Å². The van der Waals surface area contributed by atoms with E-state index in [4.69, 9.17) is 15.0 Å². The molecule has 1 aliphatic rings. The predicted octanol–water partition coefficient (Wildman–Crippen LogP) is 10.2. The Morgan fingerprint density at radius 2 is 0.931 bits per heavy atom. The van der Waals surface area contributed by atoms with Gasteiger partial charge in [0.15, 0.2) is 23.1 Å². The largest absolute Gasteiger partial charge is 0.503 e. The van der Waals surface area contributed by atoms with Gasteiger partial charge in [0, 0.05) is 38.1 Å². The van der Waals surface area contributed by atoms with Crippen LogP contribution in [0, 0.1) is 0 Å². The summed E-state index contributed by atoms with van der Waals surface area (Å²) in [6.07, 6.45) is 0. The third-order valence-corrected chi connectivity index (χ3v) is 11.7. The molecule has 11 rings (SSSR count). The average Bonchev–Trinajstić information content (AvgIpc) is 3.84. The molecule has 0 amide bonds. The van der Waals surface area contributed by atoms with Gasteiger partial charge in [0.25, 0.3) is 0 Å². The Morgan fingerprint density at radius 3 is 1.60 bits per heavy atom. The van der Waals surface area contributed by atoms with Crippen LogP contribution in [-0.2, 0) is 5.41 Å². The summed E-state index contributed by atoms with van der Waals surface area (Å²) in [6.45, 7) is 4.51. The van der Waals surface area contributed by atoms with E-state index in [1.807, 2.05) is 95.6 Å². The molecule has 280 valence electrons. The minimum absolute atomic E-state index is 0.151. The van der Waals surface area contributed by atoms with Crippen LogP contribution in [0.1, 0.15) is 25.0 Å². The number of nitrogens with zero attached hydrogens (tertiary/aromatic N) is 5. The molecule has 3 aromatic heterocycles. The molecule has 0 saturated heterocycles. The predicted molar refractivity (Wildman–Crippen MR) is 225 cm³/mol. The van der Waals surface area contributed by atoms with E-state index in [1.54, 1.807) is 4.57 Å². The lowest BCUT2D eigenvalue weighted by Crippen LogP contribution is -2.14. The summed E-state index contributed by atoms with van der Waals surface area (Å²) in [7, 11) is 0. The maximum atomic E-state index is 11.1. The van der Waals surface area contributed by atoms with Crippen molar-refractivity contribution in [2.75, 3.05) is 0 Å². The molecule has 0 saturated carbocycles. The van der Waals surface area contributed by atoms with Crippen LogP contribution < -0.4 is 0 Å². The third-order valence-electron chi connectivity index (χ3n) is 11.7. The highest BCUT2D eigenvalue weighted by molar-refractivity contribution is 6.19. The van der Waals surface area contributed by atoms with Gasteiger partial charge in [-0.2, -0.15) is 9.97 Å². The topological polar surface area (TPSA) is 150 Å². The number of benzene rings is 7. The van der Waals surface area contributed by atoms with Crippen LogP contribution in [0.3, 0.4) is 0 Å². The van der Waals surface area contributed by atoms with E-state index in [9.17, 15) is 25.5 Å². The second-order valence-corrected chi connectivity index (χ2v) is 15.3. The molecule has 7 aromatic carbocycles. The highest BCUT2D eigenvalue weighted by Crippen LogP contribution is 2.54. The van der Waals surface area contributed by atoms with Crippen LogP contribution in [0.25, 0.3) is 89.2 Å². The van der Waals surface area contributed by atoms with Crippen molar-refractivity contribution in [2.24, 2.45) is 0 Å². The summed E-state index contributed by atoms with van der Waals surface area (Å²) in [5.74, 6) is -3.05. The summed E-state index contributed by atoms with van der Waals surface area (Å²) in [5.41, 5.74) is 8.93. The Balaban J connectivity index is 1.21. The Hall–Kier alpha value is -7.85. The second-order valence-electron chi connectivity index (χ2n) is 15.3. The van der Waals surface area contributed by atoms with Crippen molar-refractivity contribution in [3.05, 3.63) is 145 Å². The molecule has 0 bridgehead atoms. The minimum atomic E-state index is -1.02. The van der Waals surface area contributed by atoms with E-state index in [-0.39, 0.29) is 11.1 Å². The lowest BCUT2D eigenvalue weighted by atomic mass is 9.82. The first-order chi connectivity index (χ1) is 28.1. The van der Waals surface area contributed by atoms with Crippen molar-refractivity contribution in [1.29, 1.82) is 0 Å². The van der Waals surface area contributed by atoms with Crippen LogP contribution in [-0.4, -0.2) is 49.6 Å². The number of rotatable bonds is 4. The molecule has 3 heterocycles. The summed E-state index contributed by atoms with van der Waals surface area (Å²) in [4.78, 5) is 15.4. The molecule has 10 heteroatoms. The summed E-state index contributed by atoms with van der Waals surface area (Å²) in [6, 6.07) is 44.2. The van der Waals surface area contributed by atoms with E-state index in [0.29, 0.717) is 28.6 Å². The fourth-order valence-corrected chi connectivity index (χ4v) is 8.94. The lowest BCUT2D eigenvalue weighted by molar-refractivity contribution is 0.327. The number of aromatic hydroxyl groups is 5. The normalized spacial score (nSPS) is 13.1. The van der Waals surface area contributed by atoms with Gasteiger partial charge < -0.3 is 30.1 Å². The van der Waals surface area contributed by atoms with Gasteiger partial charge in [-0.3, -0.25) is 4.57 Å². The summed E-state index contributed by atoms with van der Waals surface area (Å²) < 4.78 is 3.61. The molecule has 0 spiro atoms. The van der Waals surface area contributed by atoms with Crippen molar-refractivity contribution in [3.8, 4) is 74.3 Å². The maximum absolute atomic E-state index is 11.1. The molecular weight excluding hydrogens is 727 g/mol. The summed E-state index contributed by atoms with van der Waals surface area (Å²) in [5, 5.41) is 56.9. The molecule has 58 heavy (non-hydrogen) atoms. The molecule has 5 N–H and O–H groups in total. The third kappa shape index (κ3) is 4.50. The SMILES string of the molecule is CC1(C)c2ccccc2-c2cc(-c3nc(-c4ccccc4)nc(-n4c5ccccc5c5cc6c(cc54)c4ccccc4n6-c4c(O)c(O)c(O)c(O)c4O)n3)ccc21. The van der Waals surface area contributed by atoms with Gasteiger partial charge in [-0.15, -0.1) is 0 Å². The van der Waals surface area contributed by atoms with Gasteiger partial charge >= 0.3 is 0 Å². The smallest absolute Gasteiger partial charge is 0.238 e. The lowest BCUT2D eigenvalue weighted by Gasteiger charge is -2.21. The Labute approximate surface area is 330 Å². The zero-order valence-corrected chi connectivity index (χ0v) is 31.2. The van der Waals surface area contributed by atoms with Crippen molar-refractivity contribution < 1.29 is 25.5 Å². The molecular formula is C48H33N5O5. The molecule has 0 aliphatic heterocycles. The molecule has 0 radical (unpaired) electrons.